The monoisotopic (exact) mass is 338 g/mol. The number of rotatable bonds is 2. The molecule has 0 saturated heterocycles. The predicted octanol–water partition coefficient (Wildman–Crippen LogP) is 4.34. The number of nitrogen functional groups attached to an aromatic ring is 1. The van der Waals surface area contributed by atoms with Crippen LogP contribution in [0.5, 0.6) is 11.5 Å². The molecule has 0 radical (unpaired) electrons. The lowest BCUT2D eigenvalue weighted by atomic mass is 10.3. The second-order valence-electron chi connectivity index (χ2n) is 4.78. The molecule has 4 aromatic rings. The molecule has 0 spiro atoms. The second kappa shape index (κ2) is 7.38. The van der Waals surface area contributed by atoms with E-state index in [9.17, 15) is 0 Å². The summed E-state index contributed by atoms with van der Waals surface area (Å²) in [5.41, 5.74) is 7.46. The zero-order chi connectivity index (χ0) is 16.8. The summed E-state index contributed by atoms with van der Waals surface area (Å²) in [6, 6.07) is 18.6. The van der Waals surface area contributed by atoms with Gasteiger partial charge in [-0.2, -0.15) is 0 Å². The van der Waals surface area contributed by atoms with Crippen molar-refractivity contribution in [1.82, 2.24) is 15.3 Å². The molecule has 6 nitrogen and oxygen atoms in total. The predicted molar refractivity (Wildman–Crippen MR) is 94.4 cm³/mol. The maximum absolute atomic E-state index is 5.56. The summed E-state index contributed by atoms with van der Waals surface area (Å²) in [6.45, 7) is 0. The summed E-state index contributed by atoms with van der Waals surface area (Å²) in [5, 5.41) is 7.22. The number of nitrogens with one attached hydrogen (secondary N) is 1. The highest BCUT2D eigenvalue weighted by Crippen LogP contribution is 2.19. The summed E-state index contributed by atoms with van der Waals surface area (Å²) in [5.74, 6) is 1.57. The SMILES string of the molecule is Nc1cccc2nonc12.S=c1ccc(Oc2ccccc2)c[nH]1. The molecular weight excluding hydrogens is 324 g/mol. The standard InChI is InChI=1S/C11H9NOS.C6H5N3O/c14-11-7-6-10(8-12-11)13-9-4-2-1-3-5-9;7-4-2-1-3-5-6(4)9-10-8-5/h1-8H,(H,12,14);1-3H,7H2. The fourth-order valence-corrected chi connectivity index (χ4v) is 2.04. The maximum Gasteiger partial charge on any atom is 0.158 e. The van der Waals surface area contributed by atoms with Crippen LogP contribution in [0.3, 0.4) is 0 Å². The number of fused-ring (bicyclic) bond motifs is 1. The molecule has 0 aliphatic rings. The Morgan fingerprint density at radius 1 is 0.917 bits per heavy atom. The van der Waals surface area contributed by atoms with E-state index in [-0.39, 0.29) is 0 Å². The molecular formula is C17H14N4O2S. The summed E-state index contributed by atoms with van der Waals surface area (Å²) in [7, 11) is 0. The number of hydrogen-bond acceptors (Lipinski definition) is 6. The minimum Gasteiger partial charge on any atom is -0.456 e. The number of aromatic nitrogens is 3. The first kappa shape index (κ1) is 15.7. The highest BCUT2D eigenvalue weighted by molar-refractivity contribution is 7.71. The van der Waals surface area contributed by atoms with E-state index in [1.54, 1.807) is 24.4 Å². The normalized spacial score (nSPS) is 10.0. The first-order valence-electron chi connectivity index (χ1n) is 7.11. The van der Waals surface area contributed by atoms with E-state index < -0.39 is 0 Å². The molecule has 0 fully saturated rings. The summed E-state index contributed by atoms with van der Waals surface area (Å²) < 4.78 is 10.7. The van der Waals surface area contributed by atoms with Gasteiger partial charge in [-0.25, -0.2) is 4.63 Å². The van der Waals surface area contributed by atoms with Crippen molar-refractivity contribution in [3.05, 3.63) is 71.5 Å². The van der Waals surface area contributed by atoms with E-state index in [2.05, 4.69) is 19.9 Å². The van der Waals surface area contributed by atoms with Gasteiger partial charge in [0.25, 0.3) is 0 Å². The third kappa shape index (κ3) is 3.96. The van der Waals surface area contributed by atoms with E-state index in [0.717, 1.165) is 11.5 Å². The first-order valence-corrected chi connectivity index (χ1v) is 7.51. The van der Waals surface area contributed by atoms with E-state index >= 15 is 0 Å². The van der Waals surface area contributed by atoms with Crippen LogP contribution in [-0.4, -0.2) is 15.3 Å². The molecule has 3 N–H and O–H groups in total. The van der Waals surface area contributed by atoms with Gasteiger partial charge in [0.15, 0.2) is 5.52 Å². The van der Waals surface area contributed by atoms with Gasteiger partial charge in [-0.15, -0.1) is 0 Å². The molecule has 7 heteroatoms. The Balaban J connectivity index is 0.000000149. The summed E-state index contributed by atoms with van der Waals surface area (Å²) in [4.78, 5) is 2.91. The van der Waals surface area contributed by atoms with E-state index in [1.165, 1.54) is 0 Å². The Hall–Kier alpha value is -3.19. The lowest BCUT2D eigenvalue weighted by Crippen LogP contribution is -1.84. The average Bonchev–Trinajstić information content (AvgIpc) is 3.09. The van der Waals surface area contributed by atoms with Crippen LogP contribution in [-0.2, 0) is 0 Å². The lowest BCUT2D eigenvalue weighted by molar-refractivity contribution is 0.315. The molecule has 0 amide bonds. The van der Waals surface area contributed by atoms with Gasteiger partial charge in [-0.1, -0.05) is 36.5 Å². The minimum atomic E-state index is 0.596. The van der Waals surface area contributed by atoms with E-state index in [0.29, 0.717) is 21.4 Å². The number of anilines is 1. The Morgan fingerprint density at radius 2 is 1.75 bits per heavy atom. The van der Waals surface area contributed by atoms with Crippen LogP contribution >= 0.6 is 12.2 Å². The van der Waals surface area contributed by atoms with Crippen molar-refractivity contribution in [2.45, 2.75) is 0 Å². The number of pyridine rings is 1. The van der Waals surface area contributed by atoms with Crippen LogP contribution in [0, 0.1) is 4.64 Å². The number of nitrogens with two attached hydrogens (primary N) is 1. The molecule has 4 rings (SSSR count). The van der Waals surface area contributed by atoms with Gasteiger partial charge in [0.1, 0.15) is 21.7 Å². The van der Waals surface area contributed by atoms with Crippen molar-refractivity contribution in [3.8, 4) is 11.5 Å². The Kier molecular flexibility index (Phi) is 4.83. The molecule has 0 aliphatic carbocycles. The van der Waals surface area contributed by atoms with Crippen molar-refractivity contribution in [3.63, 3.8) is 0 Å². The van der Waals surface area contributed by atoms with Crippen molar-refractivity contribution in [1.29, 1.82) is 0 Å². The Morgan fingerprint density at radius 3 is 2.46 bits per heavy atom. The van der Waals surface area contributed by atoms with Crippen LogP contribution in [0.4, 0.5) is 5.69 Å². The second-order valence-corrected chi connectivity index (χ2v) is 5.22. The molecule has 120 valence electrons. The maximum atomic E-state index is 5.56. The van der Waals surface area contributed by atoms with E-state index in [1.807, 2.05) is 42.5 Å². The quantitative estimate of drug-likeness (QED) is 0.417. The van der Waals surface area contributed by atoms with Crippen molar-refractivity contribution >= 4 is 28.9 Å². The molecule has 2 aromatic carbocycles. The molecule has 0 bridgehead atoms. The largest absolute Gasteiger partial charge is 0.456 e. The fraction of sp³-hybridized carbons (Fsp3) is 0. The summed E-state index contributed by atoms with van der Waals surface area (Å²) in [6.07, 6.45) is 1.75. The van der Waals surface area contributed by atoms with E-state index in [4.69, 9.17) is 22.7 Å². The van der Waals surface area contributed by atoms with Gasteiger partial charge >= 0.3 is 0 Å². The topological polar surface area (TPSA) is 90.0 Å². The molecule has 2 aromatic heterocycles. The highest BCUT2D eigenvalue weighted by atomic mass is 32.1. The zero-order valence-corrected chi connectivity index (χ0v) is 13.4. The average molecular weight is 338 g/mol. The van der Waals surface area contributed by atoms with Gasteiger partial charge in [0, 0.05) is 6.20 Å². The molecule has 24 heavy (non-hydrogen) atoms. The molecule has 0 saturated carbocycles. The third-order valence-corrected chi connectivity index (χ3v) is 3.31. The number of aromatic amines is 1. The smallest absolute Gasteiger partial charge is 0.158 e. The zero-order valence-electron chi connectivity index (χ0n) is 12.5. The van der Waals surface area contributed by atoms with Crippen molar-refractivity contribution in [2.24, 2.45) is 0 Å². The summed E-state index contributed by atoms with van der Waals surface area (Å²) >= 11 is 4.93. The van der Waals surface area contributed by atoms with Crippen LogP contribution < -0.4 is 10.5 Å². The Bertz CT molecular complexity index is 962. The van der Waals surface area contributed by atoms with Gasteiger partial charge in [-0.3, -0.25) is 0 Å². The van der Waals surface area contributed by atoms with Gasteiger partial charge in [0.05, 0.1) is 5.69 Å². The number of benzene rings is 2. The van der Waals surface area contributed by atoms with Crippen molar-refractivity contribution < 1.29 is 9.37 Å². The number of para-hydroxylation sites is 1. The van der Waals surface area contributed by atoms with Gasteiger partial charge < -0.3 is 15.5 Å². The first-order chi connectivity index (χ1) is 11.7. The van der Waals surface area contributed by atoms with Crippen LogP contribution in [0.2, 0.25) is 0 Å². The van der Waals surface area contributed by atoms with Crippen molar-refractivity contribution in [2.75, 3.05) is 5.73 Å². The van der Waals surface area contributed by atoms with Crippen LogP contribution in [0.25, 0.3) is 11.0 Å². The molecule has 0 atom stereocenters. The lowest BCUT2D eigenvalue weighted by Gasteiger charge is -2.03. The molecule has 0 aliphatic heterocycles. The number of hydrogen-bond donors (Lipinski definition) is 2. The highest BCUT2D eigenvalue weighted by Gasteiger charge is 2.00. The van der Waals surface area contributed by atoms with Crippen LogP contribution in [0.1, 0.15) is 0 Å². The number of nitrogens with zero attached hydrogens (tertiary/aromatic N) is 2. The number of H-pyrrole nitrogens is 1. The van der Waals surface area contributed by atoms with Gasteiger partial charge in [-0.05, 0) is 46.7 Å². The Labute approximate surface area is 142 Å². The minimum absolute atomic E-state index is 0.596. The molecule has 0 unspecified atom stereocenters. The fourth-order valence-electron chi connectivity index (χ4n) is 1.91. The number of ether oxygens (including phenoxy) is 1. The van der Waals surface area contributed by atoms with Crippen LogP contribution in [0.15, 0.2) is 71.5 Å². The molecule has 2 heterocycles. The van der Waals surface area contributed by atoms with Gasteiger partial charge in [0.2, 0.25) is 0 Å². The third-order valence-electron chi connectivity index (χ3n) is 3.05.